The van der Waals surface area contributed by atoms with Gasteiger partial charge in [-0.3, -0.25) is 4.90 Å². The van der Waals surface area contributed by atoms with Crippen LogP contribution in [0.25, 0.3) is 0 Å². The molecule has 0 saturated carbocycles. The van der Waals surface area contributed by atoms with Gasteiger partial charge in [0.25, 0.3) is 0 Å². The van der Waals surface area contributed by atoms with Crippen molar-refractivity contribution in [2.75, 3.05) is 13.1 Å². The van der Waals surface area contributed by atoms with E-state index in [9.17, 15) is 0 Å². The van der Waals surface area contributed by atoms with Gasteiger partial charge in [0.15, 0.2) is 0 Å². The van der Waals surface area contributed by atoms with Gasteiger partial charge in [0.1, 0.15) is 0 Å². The number of hydrogen-bond acceptors (Lipinski definition) is 2. The smallest absolute Gasteiger partial charge is 0.0138 e. The Balaban J connectivity index is 2.55. The molecule has 0 radical (unpaired) electrons. The number of hydrogen-bond donors (Lipinski definition) is 1. The van der Waals surface area contributed by atoms with E-state index in [0.717, 1.165) is 13.0 Å². The summed E-state index contributed by atoms with van der Waals surface area (Å²) in [5, 5.41) is 0. The Morgan fingerprint density at radius 3 is 2.31 bits per heavy atom. The molecule has 2 heteroatoms. The molecule has 1 aliphatic rings. The topological polar surface area (TPSA) is 29.3 Å². The van der Waals surface area contributed by atoms with Crippen molar-refractivity contribution in [3.63, 3.8) is 0 Å². The first-order chi connectivity index (χ1) is 5.81. The van der Waals surface area contributed by atoms with Gasteiger partial charge in [0, 0.05) is 17.6 Å². The van der Waals surface area contributed by atoms with Crippen molar-refractivity contribution in [1.82, 2.24) is 4.90 Å². The zero-order chi connectivity index (χ0) is 10.1. The Kier molecular flexibility index (Phi) is 3.03. The molecule has 78 valence electrons. The first-order valence-corrected chi connectivity index (χ1v) is 5.35. The highest BCUT2D eigenvalue weighted by molar-refractivity contribution is 4.87. The van der Waals surface area contributed by atoms with Crippen LogP contribution in [0.3, 0.4) is 0 Å². The van der Waals surface area contributed by atoms with Gasteiger partial charge in [-0.25, -0.2) is 0 Å². The van der Waals surface area contributed by atoms with E-state index in [0.29, 0.717) is 5.54 Å². The number of rotatable bonds is 0. The molecule has 2 nitrogen and oxygen atoms in total. The standard InChI is InChI=1S/C11H24N2/c1-10(2,3)13-8-5-6-11(4,12)7-9-13/h5-9,12H2,1-4H3/t11-/m1/s1. The zero-order valence-electron chi connectivity index (χ0n) is 9.56. The summed E-state index contributed by atoms with van der Waals surface area (Å²) in [6.07, 6.45) is 3.54. The summed E-state index contributed by atoms with van der Waals surface area (Å²) in [6, 6.07) is 0. The molecule has 0 bridgehead atoms. The van der Waals surface area contributed by atoms with Crippen LogP contribution in [0.5, 0.6) is 0 Å². The second-order valence-electron chi connectivity index (χ2n) is 5.67. The van der Waals surface area contributed by atoms with Crippen molar-refractivity contribution in [3.05, 3.63) is 0 Å². The molecule has 2 N–H and O–H groups in total. The van der Waals surface area contributed by atoms with Gasteiger partial charge >= 0.3 is 0 Å². The number of likely N-dealkylation sites (tertiary alicyclic amines) is 1. The van der Waals surface area contributed by atoms with Crippen molar-refractivity contribution < 1.29 is 0 Å². The Morgan fingerprint density at radius 1 is 1.15 bits per heavy atom. The van der Waals surface area contributed by atoms with Crippen LogP contribution in [0.15, 0.2) is 0 Å². The summed E-state index contributed by atoms with van der Waals surface area (Å²) in [4.78, 5) is 2.55. The van der Waals surface area contributed by atoms with Gasteiger partial charge in [-0.15, -0.1) is 0 Å². The molecular formula is C11H24N2. The van der Waals surface area contributed by atoms with Gasteiger partial charge in [0.2, 0.25) is 0 Å². The molecule has 0 aliphatic carbocycles. The van der Waals surface area contributed by atoms with Crippen LogP contribution in [-0.4, -0.2) is 29.1 Å². The summed E-state index contributed by atoms with van der Waals surface area (Å²) in [6.45, 7) is 11.4. The highest BCUT2D eigenvalue weighted by Gasteiger charge is 2.28. The molecule has 0 aromatic carbocycles. The number of nitrogens with two attached hydrogens (primary N) is 1. The van der Waals surface area contributed by atoms with E-state index >= 15 is 0 Å². The summed E-state index contributed by atoms with van der Waals surface area (Å²) in [5.74, 6) is 0. The van der Waals surface area contributed by atoms with Gasteiger partial charge < -0.3 is 5.73 Å². The Bertz CT molecular complexity index is 167. The summed E-state index contributed by atoms with van der Waals surface area (Å²) in [7, 11) is 0. The lowest BCUT2D eigenvalue weighted by Crippen LogP contribution is -2.43. The quantitative estimate of drug-likeness (QED) is 0.624. The average molecular weight is 184 g/mol. The summed E-state index contributed by atoms with van der Waals surface area (Å²) < 4.78 is 0. The van der Waals surface area contributed by atoms with Crippen LogP contribution in [0.4, 0.5) is 0 Å². The van der Waals surface area contributed by atoms with E-state index in [1.807, 2.05) is 0 Å². The van der Waals surface area contributed by atoms with Crippen LogP contribution in [-0.2, 0) is 0 Å². The molecule has 0 aromatic rings. The fourth-order valence-corrected chi connectivity index (χ4v) is 1.97. The molecule has 0 spiro atoms. The second-order valence-corrected chi connectivity index (χ2v) is 5.67. The van der Waals surface area contributed by atoms with Crippen molar-refractivity contribution in [2.24, 2.45) is 5.73 Å². The molecule has 1 rings (SSSR count). The lowest BCUT2D eigenvalue weighted by Gasteiger charge is -2.35. The first-order valence-electron chi connectivity index (χ1n) is 5.35. The van der Waals surface area contributed by atoms with Gasteiger partial charge in [-0.2, -0.15) is 0 Å². The zero-order valence-corrected chi connectivity index (χ0v) is 9.56. The Labute approximate surface area is 82.5 Å². The number of nitrogens with zero attached hydrogens (tertiary/aromatic N) is 1. The average Bonchev–Trinajstić information content (AvgIpc) is 2.08. The first kappa shape index (κ1) is 11.0. The van der Waals surface area contributed by atoms with Gasteiger partial charge in [-0.05, 0) is 53.5 Å². The molecule has 1 saturated heterocycles. The van der Waals surface area contributed by atoms with Crippen LogP contribution < -0.4 is 5.73 Å². The normalized spacial score (nSPS) is 33.0. The van der Waals surface area contributed by atoms with E-state index in [2.05, 4.69) is 32.6 Å². The van der Waals surface area contributed by atoms with Crippen molar-refractivity contribution in [2.45, 2.75) is 58.0 Å². The van der Waals surface area contributed by atoms with Crippen LogP contribution in [0.2, 0.25) is 0 Å². The Hall–Kier alpha value is -0.0800. The molecule has 1 heterocycles. The van der Waals surface area contributed by atoms with Crippen LogP contribution >= 0.6 is 0 Å². The van der Waals surface area contributed by atoms with Crippen molar-refractivity contribution >= 4 is 0 Å². The second kappa shape index (κ2) is 3.58. The highest BCUT2D eigenvalue weighted by atomic mass is 15.2. The van der Waals surface area contributed by atoms with E-state index < -0.39 is 0 Å². The fraction of sp³-hybridized carbons (Fsp3) is 1.00. The fourth-order valence-electron chi connectivity index (χ4n) is 1.97. The third-order valence-electron chi connectivity index (χ3n) is 3.08. The lowest BCUT2D eigenvalue weighted by atomic mass is 9.95. The maximum absolute atomic E-state index is 6.16. The third-order valence-corrected chi connectivity index (χ3v) is 3.08. The monoisotopic (exact) mass is 184 g/mol. The molecule has 1 atom stereocenters. The van der Waals surface area contributed by atoms with E-state index in [1.165, 1.54) is 19.4 Å². The predicted molar refractivity (Wildman–Crippen MR) is 57.8 cm³/mol. The molecule has 0 aromatic heterocycles. The highest BCUT2D eigenvalue weighted by Crippen LogP contribution is 2.23. The molecule has 1 aliphatic heterocycles. The SMILES string of the molecule is CC(C)(C)N1CCC[C@@](C)(N)CC1. The lowest BCUT2D eigenvalue weighted by molar-refractivity contribution is 0.140. The molecule has 0 amide bonds. The Morgan fingerprint density at radius 2 is 1.77 bits per heavy atom. The summed E-state index contributed by atoms with van der Waals surface area (Å²) >= 11 is 0. The van der Waals surface area contributed by atoms with E-state index in [1.54, 1.807) is 0 Å². The minimum absolute atomic E-state index is 0.0694. The molecule has 0 unspecified atom stereocenters. The maximum Gasteiger partial charge on any atom is 0.0138 e. The molecule has 13 heavy (non-hydrogen) atoms. The summed E-state index contributed by atoms with van der Waals surface area (Å²) in [5.41, 5.74) is 6.53. The minimum Gasteiger partial charge on any atom is -0.325 e. The van der Waals surface area contributed by atoms with Crippen molar-refractivity contribution in [1.29, 1.82) is 0 Å². The van der Waals surface area contributed by atoms with E-state index in [4.69, 9.17) is 5.73 Å². The van der Waals surface area contributed by atoms with E-state index in [-0.39, 0.29) is 5.54 Å². The van der Waals surface area contributed by atoms with Gasteiger partial charge in [-0.1, -0.05) is 0 Å². The molecule has 1 fully saturated rings. The van der Waals surface area contributed by atoms with Crippen LogP contribution in [0.1, 0.15) is 47.0 Å². The van der Waals surface area contributed by atoms with Crippen LogP contribution in [0, 0.1) is 0 Å². The largest absolute Gasteiger partial charge is 0.325 e. The third kappa shape index (κ3) is 3.28. The van der Waals surface area contributed by atoms with Crippen molar-refractivity contribution in [3.8, 4) is 0 Å². The minimum atomic E-state index is 0.0694. The maximum atomic E-state index is 6.16. The van der Waals surface area contributed by atoms with Gasteiger partial charge in [0.05, 0.1) is 0 Å². The molecular weight excluding hydrogens is 160 g/mol. The predicted octanol–water partition coefficient (Wildman–Crippen LogP) is 1.99.